The first kappa shape index (κ1) is 17.5. The Morgan fingerprint density at radius 1 is 1.06 bits per heavy atom. The molecule has 0 saturated carbocycles. The van der Waals surface area contributed by atoms with E-state index in [9.17, 15) is 26.3 Å². The fraction of sp³-hybridized carbons (Fsp3) is 1.00. The molecule has 0 radical (unpaired) electrons. The van der Waals surface area contributed by atoms with Gasteiger partial charge in [-0.05, 0) is 20.5 Å². The molecule has 0 spiro atoms. The monoisotopic (exact) mass is 280 g/mol. The number of hydrogen-bond donors (Lipinski definition) is 1. The molecule has 8 heteroatoms. The summed E-state index contributed by atoms with van der Waals surface area (Å²) in [6.45, 7) is 3.32. The second-order valence-corrected chi connectivity index (χ2v) is 4.30. The van der Waals surface area contributed by atoms with Gasteiger partial charge in [0.25, 0.3) is 0 Å². The fourth-order valence-electron chi connectivity index (χ4n) is 1.40. The number of likely N-dealkylation sites (N-methyl/N-ethyl adjacent to an activating group) is 1. The van der Waals surface area contributed by atoms with Gasteiger partial charge in [-0.2, -0.15) is 26.3 Å². The van der Waals surface area contributed by atoms with Gasteiger partial charge in [0.15, 0.2) is 5.92 Å². The van der Waals surface area contributed by atoms with Crippen LogP contribution >= 0.6 is 0 Å². The van der Waals surface area contributed by atoms with E-state index in [0.29, 0.717) is 13.1 Å². The molecular formula is C10H18F6N2. The Labute approximate surface area is 102 Å². The molecule has 1 N–H and O–H groups in total. The third-order valence-corrected chi connectivity index (χ3v) is 2.59. The summed E-state index contributed by atoms with van der Waals surface area (Å²) in [5, 5.41) is 2.28. The quantitative estimate of drug-likeness (QED) is 0.752. The second kappa shape index (κ2) is 6.60. The molecule has 2 nitrogen and oxygen atoms in total. The zero-order chi connectivity index (χ0) is 14.6. The van der Waals surface area contributed by atoms with Gasteiger partial charge in [0.05, 0.1) is 0 Å². The van der Waals surface area contributed by atoms with Crippen LogP contribution in [0.2, 0.25) is 0 Å². The summed E-state index contributed by atoms with van der Waals surface area (Å²) < 4.78 is 73.3. The highest BCUT2D eigenvalue weighted by Gasteiger charge is 2.56. The average Bonchev–Trinajstić information content (AvgIpc) is 2.13. The van der Waals surface area contributed by atoms with Gasteiger partial charge in [-0.15, -0.1) is 0 Å². The maximum atomic E-state index is 12.2. The zero-order valence-electron chi connectivity index (χ0n) is 10.5. The molecule has 0 bridgehead atoms. The Hall–Kier alpha value is -0.500. The van der Waals surface area contributed by atoms with Crippen molar-refractivity contribution in [1.29, 1.82) is 0 Å². The normalized spacial score (nSPS) is 15.5. The van der Waals surface area contributed by atoms with Crippen LogP contribution in [-0.4, -0.2) is 50.0 Å². The Bertz CT molecular complexity index is 224. The molecule has 0 rings (SSSR count). The van der Waals surface area contributed by atoms with E-state index in [1.165, 1.54) is 0 Å². The first-order valence-corrected chi connectivity index (χ1v) is 5.53. The van der Waals surface area contributed by atoms with Crippen LogP contribution < -0.4 is 5.32 Å². The van der Waals surface area contributed by atoms with Gasteiger partial charge >= 0.3 is 12.4 Å². The second-order valence-electron chi connectivity index (χ2n) is 4.30. The molecule has 0 saturated heterocycles. The predicted molar refractivity (Wildman–Crippen MR) is 56.2 cm³/mol. The Morgan fingerprint density at radius 2 is 1.50 bits per heavy atom. The molecule has 0 amide bonds. The summed E-state index contributed by atoms with van der Waals surface area (Å²) in [5.41, 5.74) is 0. The van der Waals surface area contributed by atoms with Crippen molar-refractivity contribution in [2.45, 2.75) is 32.2 Å². The maximum Gasteiger partial charge on any atom is 0.401 e. The smallest absolute Gasteiger partial charge is 0.312 e. The minimum absolute atomic E-state index is 0.388. The molecule has 110 valence electrons. The standard InChI is InChI=1S/C10H18F6N2/c1-4-18(3)6-7(2)17-5-8(9(11,12)13)10(14,15)16/h7-8,17H,4-6H2,1-3H3. The van der Waals surface area contributed by atoms with E-state index >= 15 is 0 Å². The van der Waals surface area contributed by atoms with Crippen molar-refractivity contribution in [2.75, 3.05) is 26.7 Å². The molecule has 1 atom stereocenters. The molecule has 0 aromatic rings. The predicted octanol–water partition coefficient (Wildman–Crippen LogP) is 2.66. The van der Waals surface area contributed by atoms with Crippen molar-refractivity contribution in [3.8, 4) is 0 Å². The minimum Gasteiger partial charge on any atom is -0.312 e. The van der Waals surface area contributed by atoms with Gasteiger partial charge in [-0.1, -0.05) is 6.92 Å². The SMILES string of the molecule is CCN(C)CC(C)NCC(C(F)(F)F)C(F)(F)F. The highest BCUT2D eigenvalue weighted by Crippen LogP contribution is 2.38. The molecule has 0 fully saturated rings. The molecule has 0 aliphatic rings. The molecule has 18 heavy (non-hydrogen) atoms. The van der Waals surface area contributed by atoms with E-state index < -0.39 is 30.9 Å². The van der Waals surface area contributed by atoms with Crippen LogP contribution in [0.4, 0.5) is 26.3 Å². The molecular weight excluding hydrogens is 262 g/mol. The van der Waals surface area contributed by atoms with E-state index in [2.05, 4.69) is 5.32 Å². The summed E-state index contributed by atoms with van der Waals surface area (Å²) in [7, 11) is 1.74. The first-order chi connectivity index (χ1) is 7.98. The first-order valence-electron chi connectivity index (χ1n) is 5.53. The molecule has 0 aromatic carbocycles. The van der Waals surface area contributed by atoms with Gasteiger partial charge in [0.2, 0.25) is 0 Å². The van der Waals surface area contributed by atoms with Crippen LogP contribution in [0.3, 0.4) is 0 Å². The summed E-state index contributed by atoms with van der Waals surface area (Å²) in [6.07, 6.45) is -10.6. The molecule has 0 aliphatic carbocycles. The third kappa shape index (κ3) is 6.44. The number of nitrogens with one attached hydrogen (secondary N) is 1. The summed E-state index contributed by atoms with van der Waals surface area (Å²) >= 11 is 0. The largest absolute Gasteiger partial charge is 0.401 e. The van der Waals surface area contributed by atoms with Crippen LogP contribution in [0.1, 0.15) is 13.8 Å². The molecule has 0 aliphatic heterocycles. The maximum absolute atomic E-state index is 12.2. The fourth-order valence-corrected chi connectivity index (χ4v) is 1.40. The van der Waals surface area contributed by atoms with E-state index in [-0.39, 0.29) is 0 Å². The van der Waals surface area contributed by atoms with Crippen LogP contribution in [0.5, 0.6) is 0 Å². The molecule has 1 unspecified atom stereocenters. The van der Waals surface area contributed by atoms with Crippen molar-refractivity contribution in [3.63, 3.8) is 0 Å². The lowest BCUT2D eigenvalue weighted by Gasteiger charge is -2.26. The van der Waals surface area contributed by atoms with Gasteiger partial charge < -0.3 is 10.2 Å². The van der Waals surface area contributed by atoms with Crippen LogP contribution in [0, 0.1) is 5.92 Å². The topological polar surface area (TPSA) is 15.3 Å². The highest BCUT2D eigenvalue weighted by molar-refractivity contribution is 4.79. The van der Waals surface area contributed by atoms with E-state index in [0.717, 1.165) is 0 Å². The van der Waals surface area contributed by atoms with Gasteiger partial charge in [0.1, 0.15) is 0 Å². The Balaban J connectivity index is 4.37. The summed E-state index contributed by atoms with van der Waals surface area (Å²) in [4.78, 5) is 1.80. The van der Waals surface area contributed by atoms with Crippen molar-refractivity contribution in [3.05, 3.63) is 0 Å². The van der Waals surface area contributed by atoms with Crippen molar-refractivity contribution >= 4 is 0 Å². The molecule has 0 heterocycles. The molecule has 0 aromatic heterocycles. The van der Waals surface area contributed by atoms with Crippen LogP contribution in [0.15, 0.2) is 0 Å². The Morgan fingerprint density at radius 3 is 1.83 bits per heavy atom. The third-order valence-electron chi connectivity index (χ3n) is 2.59. The zero-order valence-corrected chi connectivity index (χ0v) is 10.5. The van der Waals surface area contributed by atoms with Crippen molar-refractivity contribution < 1.29 is 26.3 Å². The summed E-state index contributed by atoms with van der Waals surface area (Å²) in [5.74, 6) is -3.32. The van der Waals surface area contributed by atoms with Gasteiger partial charge in [0, 0.05) is 19.1 Å². The van der Waals surface area contributed by atoms with Crippen molar-refractivity contribution in [2.24, 2.45) is 5.92 Å². The van der Waals surface area contributed by atoms with Gasteiger partial charge in [-0.3, -0.25) is 0 Å². The van der Waals surface area contributed by atoms with Crippen LogP contribution in [0.25, 0.3) is 0 Å². The van der Waals surface area contributed by atoms with Crippen molar-refractivity contribution in [1.82, 2.24) is 10.2 Å². The number of halogens is 6. The number of rotatable bonds is 6. The highest BCUT2D eigenvalue weighted by atomic mass is 19.4. The Kier molecular flexibility index (Phi) is 6.42. The average molecular weight is 280 g/mol. The number of alkyl halides is 6. The van der Waals surface area contributed by atoms with E-state index in [4.69, 9.17) is 0 Å². The number of hydrogen-bond acceptors (Lipinski definition) is 2. The van der Waals surface area contributed by atoms with Gasteiger partial charge in [-0.25, -0.2) is 0 Å². The lowest BCUT2D eigenvalue weighted by Crippen LogP contribution is -2.47. The minimum atomic E-state index is -5.28. The van der Waals surface area contributed by atoms with Crippen LogP contribution in [-0.2, 0) is 0 Å². The van der Waals surface area contributed by atoms with E-state index in [1.54, 1.807) is 18.9 Å². The summed E-state index contributed by atoms with van der Waals surface area (Å²) in [6, 6.07) is -0.442. The lowest BCUT2D eigenvalue weighted by molar-refractivity contribution is -0.282. The lowest BCUT2D eigenvalue weighted by atomic mass is 10.1. The van der Waals surface area contributed by atoms with E-state index in [1.807, 2.05) is 6.92 Å². The number of nitrogens with zero attached hydrogens (tertiary/aromatic N) is 1.